The fourth-order valence-electron chi connectivity index (χ4n) is 1.23. The normalized spacial score (nSPS) is 11.7. The van der Waals surface area contributed by atoms with Gasteiger partial charge in [-0.3, -0.25) is 9.59 Å². The van der Waals surface area contributed by atoms with Gasteiger partial charge in [0.2, 0.25) is 5.91 Å². The van der Waals surface area contributed by atoms with Gasteiger partial charge in [0, 0.05) is 18.3 Å². The van der Waals surface area contributed by atoms with Crippen molar-refractivity contribution >= 4 is 17.5 Å². The largest absolute Gasteiger partial charge is 0.355 e. The molecule has 92 valence electrons. The molecule has 0 aliphatic heterocycles. The summed E-state index contributed by atoms with van der Waals surface area (Å²) in [6, 6.07) is 6.47. The summed E-state index contributed by atoms with van der Waals surface area (Å²) in [6.07, 6.45) is 0. The minimum Gasteiger partial charge on any atom is -0.355 e. The van der Waals surface area contributed by atoms with E-state index in [4.69, 9.17) is 0 Å². The van der Waals surface area contributed by atoms with E-state index in [1.54, 1.807) is 45.3 Å². The van der Waals surface area contributed by atoms with Crippen LogP contribution in [-0.4, -0.2) is 32.0 Å². The number of hydrogen-bond donors (Lipinski definition) is 3. The van der Waals surface area contributed by atoms with E-state index in [2.05, 4.69) is 16.0 Å². The maximum atomic E-state index is 11.6. The molecule has 1 rings (SSSR count). The minimum absolute atomic E-state index is 0.111. The summed E-state index contributed by atoms with van der Waals surface area (Å²) in [7, 11) is 3.30. The molecule has 0 spiro atoms. The first kappa shape index (κ1) is 13.2. The third-order valence-corrected chi connectivity index (χ3v) is 2.47. The Labute approximate surface area is 101 Å². The Morgan fingerprint density at radius 1 is 1.12 bits per heavy atom. The number of likely N-dealkylation sites (N-methyl/N-ethyl adjacent to an activating group) is 1. The average molecular weight is 235 g/mol. The lowest BCUT2D eigenvalue weighted by Crippen LogP contribution is -2.35. The van der Waals surface area contributed by atoms with Gasteiger partial charge in [-0.1, -0.05) is 0 Å². The summed E-state index contributed by atoms with van der Waals surface area (Å²) < 4.78 is 0. The van der Waals surface area contributed by atoms with E-state index in [9.17, 15) is 9.59 Å². The van der Waals surface area contributed by atoms with Gasteiger partial charge in [0.05, 0.1) is 6.04 Å². The molecule has 0 radical (unpaired) electrons. The van der Waals surface area contributed by atoms with Crippen molar-refractivity contribution in [2.24, 2.45) is 0 Å². The van der Waals surface area contributed by atoms with Crippen molar-refractivity contribution in [3.63, 3.8) is 0 Å². The Morgan fingerprint density at radius 2 is 1.71 bits per heavy atom. The van der Waals surface area contributed by atoms with Crippen LogP contribution < -0.4 is 16.0 Å². The van der Waals surface area contributed by atoms with Gasteiger partial charge in [-0.2, -0.15) is 0 Å². The molecule has 5 heteroatoms. The van der Waals surface area contributed by atoms with Crippen molar-refractivity contribution < 1.29 is 9.59 Å². The Kier molecular flexibility index (Phi) is 4.66. The lowest BCUT2D eigenvalue weighted by molar-refractivity contribution is -0.117. The zero-order chi connectivity index (χ0) is 12.8. The number of carbonyl (C=O) groups is 2. The van der Waals surface area contributed by atoms with Crippen molar-refractivity contribution in [3.05, 3.63) is 29.8 Å². The van der Waals surface area contributed by atoms with E-state index in [1.165, 1.54) is 0 Å². The summed E-state index contributed by atoms with van der Waals surface area (Å²) in [4.78, 5) is 22.9. The molecule has 0 fully saturated rings. The fraction of sp³-hybridized carbons (Fsp3) is 0.333. The highest BCUT2D eigenvalue weighted by Gasteiger charge is 2.10. The predicted octanol–water partition coefficient (Wildman–Crippen LogP) is 0.593. The minimum atomic E-state index is -0.256. The summed E-state index contributed by atoms with van der Waals surface area (Å²) in [5.41, 5.74) is 1.23. The summed E-state index contributed by atoms with van der Waals surface area (Å²) in [5, 5.41) is 8.12. The van der Waals surface area contributed by atoms with Gasteiger partial charge >= 0.3 is 0 Å². The molecule has 0 aliphatic rings. The fourth-order valence-corrected chi connectivity index (χ4v) is 1.23. The summed E-state index contributed by atoms with van der Waals surface area (Å²) in [6.45, 7) is 1.77. The Bertz CT molecular complexity index is 401. The van der Waals surface area contributed by atoms with Gasteiger partial charge in [-0.15, -0.1) is 0 Å². The molecule has 3 N–H and O–H groups in total. The van der Waals surface area contributed by atoms with E-state index < -0.39 is 0 Å². The average Bonchev–Trinajstić information content (AvgIpc) is 2.37. The first-order chi connectivity index (χ1) is 8.08. The van der Waals surface area contributed by atoms with Crippen LogP contribution in [-0.2, 0) is 4.79 Å². The second-order valence-electron chi connectivity index (χ2n) is 3.66. The van der Waals surface area contributed by atoms with Gasteiger partial charge in [0.15, 0.2) is 0 Å². The van der Waals surface area contributed by atoms with Crippen LogP contribution in [0, 0.1) is 0 Å². The third-order valence-electron chi connectivity index (χ3n) is 2.47. The van der Waals surface area contributed by atoms with E-state index in [1.807, 2.05) is 0 Å². The monoisotopic (exact) mass is 235 g/mol. The van der Waals surface area contributed by atoms with Crippen LogP contribution in [0.4, 0.5) is 5.69 Å². The van der Waals surface area contributed by atoms with Crippen LogP contribution in [0.1, 0.15) is 17.3 Å². The molecular weight excluding hydrogens is 218 g/mol. The van der Waals surface area contributed by atoms with E-state index in [-0.39, 0.29) is 17.9 Å². The molecule has 0 saturated carbocycles. The highest BCUT2D eigenvalue weighted by Crippen LogP contribution is 2.09. The highest BCUT2D eigenvalue weighted by molar-refractivity contribution is 5.96. The molecule has 0 aliphatic carbocycles. The zero-order valence-corrected chi connectivity index (χ0v) is 10.2. The number of rotatable bonds is 4. The third kappa shape index (κ3) is 3.57. The van der Waals surface area contributed by atoms with Gasteiger partial charge in [0.25, 0.3) is 5.91 Å². The zero-order valence-electron chi connectivity index (χ0n) is 10.2. The van der Waals surface area contributed by atoms with E-state index in [0.29, 0.717) is 11.3 Å². The maximum absolute atomic E-state index is 11.6. The number of amides is 2. The van der Waals surface area contributed by atoms with Crippen LogP contribution >= 0.6 is 0 Å². The lowest BCUT2D eigenvalue weighted by atomic mass is 10.2. The topological polar surface area (TPSA) is 70.2 Å². The molecular formula is C12H17N3O2. The van der Waals surface area contributed by atoms with E-state index in [0.717, 1.165) is 0 Å². The molecule has 0 bridgehead atoms. The number of nitrogens with one attached hydrogen (secondary N) is 3. The van der Waals surface area contributed by atoms with Crippen molar-refractivity contribution in [1.82, 2.24) is 10.6 Å². The molecule has 1 atom stereocenters. The summed E-state index contributed by atoms with van der Waals surface area (Å²) in [5.74, 6) is -0.258. The number of anilines is 1. The smallest absolute Gasteiger partial charge is 0.251 e. The van der Waals surface area contributed by atoms with Crippen LogP contribution in [0.25, 0.3) is 0 Å². The van der Waals surface area contributed by atoms with Gasteiger partial charge in [-0.25, -0.2) is 0 Å². The quantitative estimate of drug-likeness (QED) is 0.715. The molecule has 1 unspecified atom stereocenters. The molecule has 0 heterocycles. The number of benzene rings is 1. The number of hydrogen-bond acceptors (Lipinski definition) is 3. The predicted molar refractivity (Wildman–Crippen MR) is 67.0 cm³/mol. The standard InChI is InChI=1S/C12H17N3O2/c1-8(13-2)11(16)15-10-6-4-9(5-7-10)12(17)14-3/h4-8,13H,1-3H3,(H,14,17)(H,15,16). The first-order valence-corrected chi connectivity index (χ1v) is 5.38. The molecule has 2 amide bonds. The lowest BCUT2D eigenvalue weighted by Gasteiger charge is -2.11. The van der Waals surface area contributed by atoms with Crippen molar-refractivity contribution in [3.8, 4) is 0 Å². The Morgan fingerprint density at radius 3 is 2.18 bits per heavy atom. The van der Waals surface area contributed by atoms with Crippen LogP contribution in [0.3, 0.4) is 0 Å². The SMILES string of the molecule is CNC(=O)c1ccc(NC(=O)C(C)NC)cc1. The number of carbonyl (C=O) groups excluding carboxylic acids is 2. The summed E-state index contributed by atoms with van der Waals surface area (Å²) >= 11 is 0. The molecule has 0 aromatic heterocycles. The van der Waals surface area contributed by atoms with Gasteiger partial charge < -0.3 is 16.0 Å². The van der Waals surface area contributed by atoms with Crippen LogP contribution in [0.5, 0.6) is 0 Å². The second-order valence-corrected chi connectivity index (χ2v) is 3.66. The van der Waals surface area contributed by atoms with Crippen LogP contribution in [0.15, 0.2) is 24.3 Å². The molecule has 5 nitrogen and oxygen atoms in total. The Hall–Kier alpha value is -1.88. The van der Waals surface area contributed by atoms with Gasteiger partial charge in [-0.05, 0) is 38.2 Å². The van der Waals surface area contributed by atoms with Crippen molar-refractivity contribution in [1.29, 1.82) is 0 Å². The molecule has 1 aromatic rings. The molecule has 17 heavy (non-hydrogen) atoms. The highest BCUT2D eigenvalue weighted by atomic mass is 16.2. The first-order valence-electron chi connectivity index (χ1n) is 5.38. The van der Waals surface area contributed by atoms with Crippen LogP contribution in [0.2, 0.25) is 0 Å². The molecule has 0 saturated heterocycles. The van der Waals surface area contributed by atoms with Crippen molar-refractivity contribution in [2.45, 2.75) is 13.0 Å². The maximum Gasteiger partial charge on any atom is 0.251 e. The van der Waals surface area contributed by atoms with E-state index >= 15 is 0 Å². The second kappa shape index (κ2) is 6.00. The van der Waals surface area contributed by atoms with Crippen molar-refractivity contribution in [2.75, 3.05) is 19.4 Å². The Balaban J connectivity index is 2.69. The van der Waals surface area contributed by atoms with Gasteiger partial charge in [0.1, 0.15) is 0 Å². The molecule has 1 aromatic carbocycles.